The molecular weight excluding hydrogens is 786 g/mol. The number of rotatable bonds is 12. The van der Waals surface area contributed by atoms with Crippen molar-refractivity contribution in [2.45, 2.75) is 81.7 Å². The molecule has 0 bridgehead atoms. The van der Waals surface area contributed by atoms with Crippen molar-refractivity contribution in [3.63, 3.8) is 0 Å². The van der Waals surface area contributed by atoms with Gasteiger partial charge in [-0.2, -0.15) is 18.4 Å². The van der Waals surface area contributed by atoms with Crippen molar-refractivity contribution in [1.29, 1.82) is 5.26 Å². The Labute approximate surface area is 346 Å². The lowest BCUT2D eigenvalue weighted by Crippen LogP contribution is -2.54. The van der Waals surface area contributed by atoms with Crippen LogP contribution in [-0.4, -0.2) is 95.9 Å². The number of carbonyl (C=O) groups is 4. The summed E-state index contributed by atoms with van der Waals surface area (Å²) in [5, 5.41) is 17.7. The van der Waals surface area contributed by atoms with E-state index in [-0.39, 0.29) is 48.3 Å². The van der Waals surface area contributed by atoms with E-state index in [2.05, 4.69) is 32.7 Å². The van der Waals surface area contributed by atoms with Crippen LogP contribution in [0.1, 0.15) is 69.1 Å². The van der Waals surface area contributed by atoms with Gasteiger partial charge in [-0.1, -0.05) is 6.07 Å². The number of piperazine rings is 1. The van der Waals surface area contributed by atoms with Gasteiger partial charge in [0.25, 0.3) is 5.91 Å². The number of nitrogens with one attached hydrogen (secondary N) is 3. The highest BCUT2D eigenvalue weighted by Gasteiger charge is 2.52. The van der Waals surface area contributed by atoms with Crippen molar-refractivity contribution in [1.82, 2.24) is 15.1 Å². The van der Waals surface area contributed by atoms with Gasteiger partial charge >= 0.3 is 6.18 Å². The standard InChI is InChI=1S/C42H47F3N8O5S/c1-25-23-50(15-16-51(25)24-37(55)48-29-6-4-5-28(19-29)47-34-12-14-36(54)49-38(34)56)17-18-58-35-13-11-31(20-32(35)26-7-8-26)53-40(59)52(39(57)41(53,2)3)30-10-9-27(22-46)33(21-30)42(43,44)45/h4-6,9-11,13,19-21,25-26,34,40,47,59H,7-8,12,14-18,23-24H2,1-3H3,(H,48,55)(H,49,54,56)/t25-,34?,40+/m1/s1. The quantitative estimate of drug-likeness (QED) is 0.135. The molecule has 1 saturated carbocycles. The first-order valence-corrected chi connectivity index (χ1v) is 20.2. The van der Waals surface area contributed by atoms with Crippen LogP contribution in [-0.2, 0) is 25.4 Å². The number of thiol groups is 1. The summed E-state index contributed by atoms with van der Waals surface area (Å²) >= 11 is 4.76. The lowest BCUT2D eigenvalue weighted by Gasteiger charge is -2.39. The molecule has 17 heteroatoms. The molecule has 0 spiro atoms. The van der Waals surface area contributed by atoms with Crippen molar-refractivity contribution < 1.29 is 37.1 Å². The van der Waals surface area contributed by atoms with Crippen LogP contribution in [0.3, 0.4) is 0 Å². The van der Waals surface area contributed by atoms with Gasteiger partial charge in [0.15, 0.2) is 5.50 Å². The van der Waals surface area contributed by atoms with Gasteiger partial charge in [0.2, 0.25) is 17.7 Å². The monoisotopic (exact) mass is 832 g/mol. The van der Waals surface area contributed by atoms with Crippen molar-refractivity contribution >= 4 is 59.0 Å². The smallest absolute Gasteiger partial charge is 0.417 e. The molecule has 0 aromatic heterocycles. The van der Waals surface area contributed by atoms with Crippen molar-refractivity contribution in [2.24, 2.45) is 0 Å². The molecule has 13 nitrogen and oxygen atoms in total. The minimum absolute atomic E-state index is 0.00144. The summed E-state index contributed by atoms with van der Waals surface area (Å²) in [6.45, 7) is 9.05. The minimum Gasteiger partial charge on any atom is -0.492 e. The highest BCUT2D eigenvalue weighted by molar-refractivity contribution is 7.81. The molecule has 312 valence electrons. The number of carbonyl (C=O) groups excluding carboxylic acids is 4. The van der Waals surface area contributed by atoms with Crippen LogP contribution in [0.2, 0.25) is 0 Å². The first kappa shape index (κ1) is 41.8. The van der Waals surface area contributed by atoms with Crippen LogP contribution >= 0.6 is 12.6 Å². The van der Waals surface area contributed by atoms with Crippen molar-refractivity contribution in [2.75, 3.05) is 59.8 Å². The molecule has 3 N–H and O–H groups in total. The number of hydrogen-bond acceptors (Lipinski definition) is 11. The van der Waals surface area contributed by atoms with E-state index >= 15 is 0 Å². The van der Waals surface area contributed by atoms with E-state index in [0.717, 1.165) is 49.4 Å². The lowest BCUT2D eigenvalue weighted by atomic mass is 10.0. The zero-order valence-corrected chi connectivity index (χ0v) is 33.9. The second-order valence-electron chi connectivity index (χ2n) is 16.0. The van der Waals surface area contributed by atoms with Crippen LogP contribution < -0.4 is 30.5 Å². The number of alkyl halides is 3. The van der Waals surface area contributed by atoms with Gasteiger partial charge in [-0.25, -0.2) is 0 Å². The SMILES string of the molecule is C[C@@H]1CN(CCOc2ccc(N3[C@@H](S)N(c4ccc(C#N)c(C(F)(F)F)c4)C(=O)C3(C)C)cc2C2CC2)CCN1CC(=O)Nc1cccc(NC2CCC(=O)NC2=O)c1. The zero-order valence-electron chi connectivity index (χ0n) is 33.0. The third-order valence-electron chi connectivity index (χ3n) is 11.4. The number of amides is 4. The molecule has 4 fully saturated rings. The third kappa shape index (κ3) is 9.14. The third-order valence-corrected chi connectivity index (χ3v) is 11.9. The van der Waals surface area contributed by atoms with E-state index in [4.69, 9.17) is 17.4 Å². The second kappa shape index (κ2) is 16.7. The predicted molar refractivity (Wildman–Crippen MR) is 219 cm³/mol. The number of nitriles is 1. The molecule has 3 aromatic carbocycles. The van der Waals surface area contributed by atoms with E-state index in [0.29, 0.717) is 43.2 Å². The Bertz CT molecular complexity index is 2180. The number of piperidine rings is 1. The topological polar surface area (TPSA) is 150 Å². The Hall–Kier alpha value is -5.31. The van der Waals surface area contributed by atoms with Gasteiger partial charge in [0.1, 0.15) is 23.9 Å². The Morgan fingerprint density at radius 1 is 1.02 bits per heavy atom. The molecule has 4 aliphatic rings. The van der Waals surface area contributed by atoms with Gasteiger partial charge in [-0.05, 0) is 106 Å². The van der Waals surface area contributed by atoms with Crippen molar-refractivity contribution in [3.05, 3.63) is 77.4 Å². The molecule has 1 unspecified atom stereocenters. The Morgan fingerprint density at radius 2 is 1.76 bits per heavy atom. The minimum atomic E-state index is -4.78. The summed E-state index contributed by atoms with van der Waals surface area (Å²) in [4.78, 5) is 58.0. The lowest BCUT2D eigenvalue weighted by molar-refractivity contribution is -0.138. The first-order valence-electron chi connectivity index (χ1n) is 19.7. The molecule has 7 rings (SSSR count). The fourth-order valence-corrected chi connectivity index (χ4v) is 8.72. The molecule has 1 aliphatic carbocycles. The van der Waals surface area contributed by atoms with Gasteiger partial charge in [-0.15, -0.1) is 12.6 Å². The first-order chi connectivity index (χ1) is 28.0. The van der Waals surface area contributed by atoms with Crippen LogP contribution in [0, 0.1) is 11.3 Å². The molecule has 3 aliphatic heterocycles. The molecular formula is C42H47F3N8O5S. The molecule has 3 atom stereocenters. The number of ether oxygens (including phenoxy) is 1. The number of nitrogens with zero attached hydrogens (tertiary/aromatic N) is 5. The average Bonchev–Trinajstić information content (AvgIpc) is 4.01. The largest absolute Gasteiger partial charge is 0.492 e. The molecule has 3 aromatic rings. The van der Waals surface area contributed by atoms with Crippen LogP contribution in [0.4, 0.5) is 35.9 Å². The number of halogens is 3. The molecule has 3 heterocycles. The van der Waals surface area contributed by atoms with E-state index in [1.165, 1.54) is 11.0 Å². The maximum Gasteiger partial charge on any atom is 0.417 e. The zero-order chi connectivity index (χ0) is 42.2. The predicted octanol–water partition coefficient (Wildman–Crippen LogP) is 5.54. The van der Waals surface area contributed by atoms with E-state index in [1.807, 2.05) is 18.2 Å². The number of imide groups is 1. The summed E-state index contributed by atoms with van der Waals surface area (Å²) < 4.78 is 47.9. The number of hydrogen-bond donors (Lipinski definition) is 4. The maximum atomic E-state index is 13.8. The second-order valence-corrected chi connectivity index (χ2v) is 16.5. The van der Waals surface area contributed by atoms with Gasteiger partial charge in [-0.3, -0.25) is 39.2 Å². The fraction of sp³-hybridized carbons (Fsp3) is 0.452. The summed E-state index contributed by atoms with van der Waals surface area (Å²) in [6, 6.07) is 17.3. The summed E-state index contributed by atoms with van der Waals surface area (Å²) in [7, 11) is 0. The summed E-state index contributed by atoms with van der Waals surface area (Å²) in [5.74, 6) is -0.190. The van der Waals surface area contributed by atoms with Crippen molar-refractivity contribution in [3.8, 4) is 11.8 Å². The van der Waals surface area contributed by atoms with E-state index in [9.17, 15) is 37.6 Å². The van der Waals surface area contributed by atoms with Gasteiger partial charge in [0, 0.05) is 61.4 Å². The highest BCUT2D eigenvalue weighted by Crippen LogP contribution is 2.48. The summed E-state index contributed by atoms with van der Waals surface area (Å²) in [5.41, 5.74) is -0.736. The van der Waals surface area contributed by atoms with Gasteiger partial charge in [0.05, 0.1) is 23.7 Å². The average molecular weight is 833 g/mol. The Balaban J connectivity index is 0.929. The molecule has 4 amide bonds. The fourth-order valence-electron chi connectivity index (χ4n) is 8.06. The van der Waals surface area contributed by atoms with Crippen LogP contribution in [0.25, 0.3) is 0 Å². The van der Waals surface area contributed by atoms with Gasteiger partial charge < -0.3 is 20.3 Å². The maximum absolute atomic E-state index is 13.8. The van der Waals surface area contributed by atoms with Crippen LogP contribution in [0.15, 0.2) is 60.7 Å². The normalized spacial score (nSPS) is 22.5. The summed E-state index contributed by atoms with van der Waals surface area (Å²) in [6.07, 6.45) is -2.13. The van der Waals surface area contributed by atoms with E-state index < -0.39 is 40.3 Å². The Morgan fingerprint density at radius 3 is 2.46 bits per heavy atom. The molecule has 59 heavy (non-hydrogen) atoms. The molecule has 3 saturated heterocycles. The number of anilines is 4. The van der Waals surface area contributed by atoms with E-state index in [1.54, 1.807) is 49.1 Å². The molecule has 0 radical (unpaired) electrons. The number of benzene rings is 3. The Kier molecular flexibility index (Phi) is 11.9. The highest BCUT2D eigenvalue weighted by atomic mass is 32.1. The van der Waals surface area contributed by atoms with Crippen LogP contribution in [0.5, 0.6) is 5.75 Å².